The first kappa shape index (κ1) is 26.7. The molecule has 0 aliphatic carbocycles. The molecule has 2 heterocycles. The third-order valence-electron chi connectivity index (χ3n) is 6.36. The highest BCUT2D eigenvalue weighted by atomic mass is 16.5. The van der Waals surface area contributed by atoms with Gasteiger partial charge in [-0.05, 0) is 37.4 Å². The van der Waals surface area contributed by atoms with Crippen molar-refractivity contribution < 1.29 is 14.3 Å². The molecule has 1 amide bonds. The first-order valence-electron chi connectivity index (χ1n) is 12.7. The molecule has 4 rings (SSSR count). The largest absolute Gasteiger partial charge is 0.486 e. The zero-order valence-electron chi connectivity index (χ0n) is 21.7. The Hall–Kier alpha value is -4.37. The van der Waals surface area contributed by atoms with E-state index in [0.717, 1.165) is 25.2 Å². The number of amides is 1. The number of nitrogens with zero attached hydrogens (tertiary/aromatic N) is 3. The number of nitriles is 1. The number of fused-ring (bicyclic) bond motifs is 1. The number of likely N-dealkylation sites (N-methyl/N-ethyl adjacent to an activating group) is 1. The number of hydrogen-bond acceptors (Lipinski definition) is 7. The van der Waals surface area contributed by atoms with Crippen molar-refractivity contribution in [1.82, 2.24) is 9.88 Å². The molecule has 1 fully saturated rings. The number of terminal acetylenes is 1. The number of anilines is 3. The molecule has 1 aliphatic heterocycles. The molecule has 8 nitrogen and oxygen atoms in total. The summed E-state index contributed by atoms with van der Waals surface area (Å²) in [6, 6.07) is 13.2. The summed E-state index contributed by atoms with van der Waals surface area (Å²) in [5.41, 5.74) is 3.47. The topological polar surface area (TPSA) is 99.5 Å². The molecule has 0 saturated carbocycles. The summed E-state index contributed by atoms with van der Waals surface area (Å²) in [6.07, 6.45) is 11.1. The van der Waals surface area contributed by atoms with Crippen LogP contribution in [0.15, 0.2) is 54.7 Å². The smallest absolute Gasteiger partial charge is 0.248 e. The van der Waals surface area contributed by atoms with Crippen molar-refractivity contribution in [2.24, 2.45) is 0 Å². The van der Waals surface area contributed by atoms with Crippen LogP contribution in [0, 0.1) is 23.7 Å². The van der Waals surface area contributed by atoms with Gasteiger partial charge in [0.05, 0.1) is 35.7 Å². The number of carbonyl (C=O) groups is 1. The summed E-state index contributed by atoms with van der Waals surface area (Å²) in [5.74, 6) is 2.84. The summed E-state index contributed by atoms with van der Waals surface area (Å²) in [6.45, 7) is 7.77. The Morgan fingerprint density at radius 3 is 2.87 bits per heavy atom. The van der Waals surface area contributed by atoms with Crippen molar-refractivity contribution in [2.45, 2.75) is 26.4 Å². The molecule has 0 spiro atoms. The highest BCUT2D eigenvalue weighted by Gasteiger charge is 2.21. The number of hydrogen-bond donors (Lipinski definition) is 2. The van der Waals surface area contributed by atoms with Gasteiger partial charge in [-0.2, -0.15) is 5.26 Å². The van der Waals surface area contributed by atoms with Gasteiger partial charge in [-0.15, -0.1) is 6.42 Å². The number of carbonyl (C=O) groups excluding carboxylic acids is 1. The van der Waals surface area contributed by atoms with Crippen molar-refractivity contribution in [2.75, 3.05) is 43.5 Å². The van der Waals surface area contributed by atoms with Crippen LogP contribution in [0.3, 0.4) is 0 Å². The Morgan fingerprint density at radius 1 is 1.32 bits per heavy atom. The molecule has 0 unspecified atom stereocenters. The number of nitrogens with one attached hydrogen (secondary N) is 2. The van der Waals surface area contributed by atoms with Crippen LogP contribution in [0.1, 0.15) is 31.4 Å². The SMILES string of the molecule is C#Cc1cccc(Nc2c(C#N)cnc3cc(O[C@H]4CCOC4)c(NC(=O)C=CCN(CC)CC)cc23)c1. The fourth-order valence-electron chi connectivity index (χ4n) is 4.22. The van der Waals surface area contributed by atoms with Crippen LogP contribution >= 0.6 is 0 Å². The predicted octanol–water partition coefficient (Wildman–Crippen LogP) is 4.84. The zero-order chi connectivity index (χ0) is 26.9. The highest BCUT2D eigenvalue weighted by Crippen LogP contribution is 2.37. The number of benzene rings is 2. The minimum atomic E-state index is -0.273. The van der Waals surface area contributed by atoms with E-state index >= 15 is 0 Å². The standard InChI is InChI=1S/C30H31N5O3/c1-4-21-9-7-10-23(15-21)33-30-22(18-31)19-32-26-17-28(38-24-12-14-37-20-24)27(16-25(26)30)34-29(36)11-8-13-35(5-2)6-3/h1,7-11,15-17,19,24H,5-6,12-14,20H2,2-3H3,(H,32,33)(H,34,36)/t24-/m0/s1. The molecule has 38 heavy (non-hydrogen) atoms. The van der Waals surface area contributed by atoms with Gasteiger partial charge in [0.2, 0.25) is 5.91 Å². The van der Waals surface area contributed by atoms with E-state index in [-0.39, 0.29) is 12.0 Å². The average Bonchev–Trinajstić information content (AvgIpc) is 3.45. The van der Waals surface area contributed by atoms with Crippen LogP contribution in [0.2, 0.25) is 0 Å². The molecule has 8 heteroatoms. The lowest BCUT2D eigenvalue weighted by Gasteiger charge is -2.18. The van der Waals surface area contributed by atoms with Crippen molar-refractivity contribution in [1.29, 1.82) is 5.26 Å². The van der Waals surface area contributed by atoms with Gasteiger partial charge in [-0.25, -0.2) is 0 Å². The second kappa shape index (κ2) is 12.7. The Kier molecular flexibility index (Phi) is 8.94. The van der Waals surface area contributed by atoms with E-state index in [9.17, 15) is 10.1 Å². The lowest BCUT2D eigenvalue weighted by atomic mass is 10.1. The van der Waals surface area contributed by atoms with E-state index in [4.69, 9.17) is 15.9 Å². The average molecular weight is 510 g/mol. The maximum atomic E-state index is 12.9. The summed E-state index contributed by atoms with van der Waals surface area (Å²) in [5, 5.41) is 16.8. The van der Waals surface area contributed by atoms with Crippen LogP contribution < -0.4 is 15.4 Å². The lowest BCUT2D eigenvalue weighted by Crippen LogP contribution is -2.23. The van der Waals surface area contributed by atoms with E-state index < -0.39 is 0 Å². The van der Waals surface area contributed by atoms with E-state index in [1.54, 1.807) is 12.1 Å². The van der Waals surface area contributed by atoms with Gasteiger partial charge in [0.25, 0.3) is 0 Å². The molecule has 0 radical (unpaired) electrons. The van der Waals surface area contributed by atoms with E-state index in [0.29, 0.717) is 58.9 Å². The van der Waals surface area contributed by atoms with Crippen LogP contribution in [-0.2, 0) is 9.53 Å². The minimum Gasteiger partial charge on any atom is -0.486 e. The van der Waals surface area contributed by atoms with E-state index in [1.807, 2.05) is 30.3 Å². The van der Waals surface area contributed by atoms with Crippen LogP contribution in [0.25, 0.3) is 10.9 Å². The predicted molar refractivity (Wildman–Crippen MR) is 150 cm³/mol. The third-order valence-corrected chi connectivity index (χ3v) is 6.36. The van der Waals surface area contributed by atoms with Crippen molar-refractivity contribution >= 4 is 33.9 Å². The molecule has 3 aromatic rings. The summed E-state index contributed by atoms with van der Waals surface area (Å²) in [7, 11) is 0. The zero-order valence-corrected chi connectivity index (χ0v) is 21.7. The Balaban J connectivity index is 1.72. The van der Waals surface area contributed by atoms with Crippen LogP contribution in [-0.4, -0.2) is 54.7 Å². The van der Waals surface area contributed by atoms with Crippen molar-refractivity contribution in [3.8, 4) is 24.2 Å². The molecule has 2 aromatic carbocycles. The second-order valence-electron chi connectivity index (χ2n) is 8.86. The normalized spacial score (nSPS) is 14.9. The first-order chi connectivity index (χ1) is 18.5. The Bertz CT molecular complexity index is 1410. The van der Waals surface area contributed by atoms with Gasteiger partial charge in [-0.3, -0.25) is 9.78 Å². The number of rotatable bonds is 10. The van der Waals surface area contributed by atoms with Crippen LogP contribution in [0.5, 0.6) is 5.75 Å². The van der Waals surface area contributed by atoms with Gasteiger partial charge in [0.15, 0.2) is 0 Å². The molecule has 2 N–H and O–H groups in total. The van der Waals surface area contributed by atoms with E-state index in [2.05, 4.69) is 46.4 Å². The lowest BCUT2D eigenvalue weighted by molar-refractivity contribution is -0.111. The molecule has 0 bridgehead atoms. The maximum Gasteiger partial charge on any atom is 0.248 e. The van der Waals surface area contributed by atoms with Gasteiger partial charge in [0, 0.05) is 47.9 Å². The van der Waals surface area contributed by atoms with Crippen molar-refractivity contribution in [3.05, 3.63) is 65.9 Å². The maximum absolute atomic E-state index is 12.9. The molecule has 1 atom stereocenters. The van der Waals surface area contributed by atoms with Gasteiger partial charge < -0.3 is 25.0 Å². The van der Waals surface area contributed by atoms with Crippen LogP contribution in [0.4, 0.5) is 17.1 Å². The minimum absolute atomic E-state index is 0.121. The number of pyridine rings is 1. The van der Waals surface area contributed by atoms with E-state index in [1.165, 1.54) is 12.3 Å². The molecule has 1 saturated heterocycles. The monoisotopic (exact) mass is 509 g/mol. The quantitative estimate of drug-likeness (QED) is 0.298. The van der Waals surface area contributed by atoms with Gasteiger partial charge in [-0.1, -0.05) is 31.9 Å². The summed E-state index contributed by atoms with van der Waals surface area (Å²) in [4.78, 5) is 19.6. The first-order valence-corrected chi connectivity index (χ1v) is 12.7. The fraction of sp³-hybridized carbons (Fsp3) is 0.300. The highest BCUT2D eigenvalue weighted by molar-refractivity contribution is 6.04. The molecular formula is C30H31N5O3. The third kappa shape index (κ3) is 6.49. The fourth-order valence-corrected chi connectivity index (χ4v) is 4.22. The van der Waals surface area contributed by atoms with Gasteiger partial charge >= 0.3 is 0 Å². The van der Waals surface area contributed by atoms with Crippen molar-refractivity contribution in [3.63, 3.8) is 0 Å². The molecule has 194 valence electrons. The summed E-state index contributed by atoms with van der Waals surface area (Å²) < 4.78 is 11.7. The Labute approximate surface area is 223 Å². The second-order valence-corrected chi connectivity index (χ2v) is 8.86. The summed E-state index contributed by atoms with van der Waals surface area (Å²) >= 11 is 0. The molecule has 1 aromatic heterocycles. The number of ether oxygens (including phenoxy) is 2. The Morgan fingerprint density at radius 2 is 2.16 bits per heavy atom. The molecular weight excluding hydrogens is 478 g/mol. The molecule has 1 aliphatic rings. The van der Waals surface area contributed by atoms with Gasteiger partial charge in [0.1, 0.15) is 17.9 Å². The number of aromatic nitrogens is 1.